The van der Waals surface area contributed by atoms with Crippen LogP contribution in [0.5, 0.6) is 11.5 Å². The van der Waals surface area contributed by atoms with Crippen LogP contribution in [0.1, 0.15) is 12.0 Å². The summed E-state index contributed by atoms with van der Waals surface area (Å²) in [5.41, 5.74) is 2.43. The summed E-state index contributed by atoms with van der Waals surface area (Å²) in [5.74, 6) is 1.24. The number of nitrogens with one attached hydrogen (secondary N) is 2. The minimum Gasteiger partial charge on any atom is -0.497 e. The number of carbonyl (C=O) groups excluding carboxylic acids is 1. The van der Waals surface area contributed by atoms with Crippen LogP contribution in [0.15, 0.2) is 36.4 Å². The molecule has 0 bridgehead atoms. The van der Waals surface area contributed by atoms with Crippen LogP contribution in [0.25, 0.3) is 0 Å². The highest BCUT2D eigenvalue weighted by atomic mass is 35.5. The van der Waals surface area contributed by atoms with Crippen molar-refractivity contribution >= 4 is 28.9 Å². The van der Waals surface area contributed by atoms with Gasteiger partial charge in [-0.25, -0.2) is 0 Å². The fourth-order valence-corrected chi connectivity index (χ4v) is 2.33. The molecule has 0 unspecified atom stereocenters. The highest BCUT2D eigenvalue weighted by molar-refractivity contribution is 6.31. The van der Waals surface area contributed by atoms with Crippen molar-refractivity contribution in [2.45, 2.75) is 13.3 Å². The lowest BCUT2D eigenvalue weighted by atomic mass is 10.2. The van der Waals surface area contributed by atoms with Crippen molar-refractivity contribution in [3.63, 3.8) is 0 Å². The summed E-state index contributed by atoms with van der Waals surface area (Å²) < 4.78 is 10.4. The molecule has 0 fully saturated rings. The van der Waals surface area contributed by atoms with Crippen molar-refractivity contribution in [3.05, 3.63) is 47.0 Å². The summed E-state index contributed by atoms with van der Waals surface area (Å²) >= 11 is 6.06. The summed E-state index contributed by atoms with van der Waals surface area (Å²) in [6.45, 7) is 2.40. The van der Waals surface area contributed by atoms with E-state index in [4.69, 9.17) is 21.1 Å². The van der Waals surface area contributed by atoms with Crippen molar-refractivity contribution in [2.75, 3.05) is 31.4 Å². The number of carbonyl (C=O) groups is 1. The number of benzene rings is 2. The number of anilines is 2. The van der Waals surface area contributed by atoms with E-state index in [1.54, 1.807) is 26.4 Å². The molecular weight excluding hydrogens is 328 g/mol. The van der Waals surface area contributed by atoms with E-state index < -0.39 is 0 Å². The molecule has 0 aliphatic carbocycles. The largest absolute Gasteiger partial charge is 0.497 e. The van der Waals surface area contributed by atoms with Gasteiger partial charge in [-0.1, -0.05) is 11.6 Å². The monoisotopic (exact) mass is 348 g/mol. The van der Waals surface area contributed by atoms with Crippen LogP contribution >= 0.6 is 11.6 Å². The van der Waals surface area contributed by atoms with Crippen LogP contribution in [0, 0.1) is 6.92 Å². The zero-order chi connectivity index (χ0) is 17.5. The molecule has 1 amide bonds. The van der Waals surface area contributed by atoms with Gasteiger partial charge >= 0.3 is 0 Å². The number of halogens is 1. The molecule has 0 saturated carbocycles. The van der Waals surface area contributed by atoms with E-state index in [0.717, 1.165) is 17.0 Å². The Hall–Kier alpha value is -2.40. The predicted octanol–water partition coefficient (Wildman–Crippen LogP) is 4.11. The maximum atomic E-state index is 12.1. The highest BCUT2D eigenvalue weighted by Gasteiger charge is 2.10. The number of ether oxygens (including phenoxy) is 2. The third-order valence-electron chi connectivity index (χ3n) is 3.53. The van der Waals surface area contributed by atoms with Crippen LogP contribution in [0.3, 0.4) is 0 Å². The van der Waals surface area contributed by atoms with Crippen LogP contribution in [0.4, 0.5) is 11.4 Å². The first-order chi connectivity index (χ1) is 11.5. The van der Waals surface area contributed by atoms with Crippen molar-refractivity contribution in [1.82, 2.24) is 0 Å². The lowest BCUT2D eigenvalue weighted by Crippen LogP contribution is -2.16. The number of amides is 1. The molecule has 0 heterocycles. The van der Waals surface area contributed by atoms with Gasteiger partial charge in [0.1, 0.15) is 11.5 Å². The summed E-state index contributed by atoms with van der Waals surface area (Å²) in [6, 6.07) is 11.0. The Balaban J connectivity index is 1.88. The van der Waals surface area contributed by atoms with Gasteiger partial charge < -0.3 is 20.1 Å². The summed E-state index contributed by atoms with van der Waals surface area (Å²) in [6.07, 6.45) is 0.330. The topological polar surface area (TPSA) is 59.6 Å². The second-order valence-electron chi connectivity index (χ2n) is 5.26. The summed E-state index contributed by atoms with van der Waals surface area (Å²) in [7, 11) is 3.17. The van der Waals surface area contributed by atoms with Crippen LogP contribution in [-0.4, -0.2) is 26.7 Å². The Morgan fingerprint density at radius 3 is 2.46 bits per heavy atom. The molecule has 5 nitrogen and oxygen atoms in total. The SMILES string of the molecule is COc1ccc(NCCC(=O)Nc2cc(C)c(Cl)cc2OC)cc1. The van der Waals surface area contributed by atoms with E-state index in [-0.39, 0.29) is 5.91 Å². The average Bonchev–Trinajstić information content (AvgIpc) is 2.58. The lowest BCUT2D eigenvalue weighted by molar-refractivity contribution is -0.116. The van der Waals surface area contributed by atoms with Gasteiger partial charge in [-0.05, 0) is 42.8 Å². The van der Waals surface area contributed by atoms with Crippen molar-refractivity contribution in [3.8, 4) is 11.5 Å². The fourth-order valence-electron chi connectivity index (χ4n) is 2.17. The maximum absolute atomic E-state index is 12.1. The van der Waals surface area contributed by atoms with Gasteiger partial charge in [-0.3, -0.25) is 4.79 Å². The minimum atomic E-state index is -0.101. The van der Waals surface area contributed by atoms with Crippen LogP contribution in [-0.2, 0) is 4.79 Å². The molecule has 0 atom stereocenters. The second-order valence-corrected chi connectivity index (χ2v) is 5.66. The Morgan fingerprint density at radius 1 is 1.12 bits per heavy atom. The third kappa shape index (κ3) is 4.80. The van der Waals surface area contributed by atoms with E-state index >= 15 is 0 Å². The van der Waals surface area contributed by atoms with E-state index in [1.165, 1.54) is 0 Å². The standard InChI is InChI=1S/C18H21ClN2O3/c1-12-10-16(17(24-3)11-15(12)19)21-18(22)8-9-20-13-4-6-14(23-2)7-5-13/h4-7,10-11,20H,8-9H2,1-3H3,(H,21,22). The Labute approximate surface area is 146 Å². The number of hydrogen-bond donors (Lipinski definition) is 2. The van der Waals surface area contributed by atoms with E-state index in [1.807, 2.05) is 31.2 Å². The molecule has 2 aromatic rings. The molecule has 0 aromatic heterocycles. The molecule has 2 aromatic carbocycles. The minimum absolute atomic E-state index is 0.101. The lowest BCUT2D eigenvalue weighted by Gasteiger charge is -2.13. The first kappa shape index (κ1) is 17.9. The number of aryl methyl sites for hydroxylation is 1. The molecule has 0 spiro atoms. The third-order valence-corrected chi connectivity index (χ3v) is 3.93. The quantitative estimate of drug-likeness (QED) is 0.790. The van der Waals surface area contributed by atoms with Gasteiger partial charge in [-0.15, -0.1) is 0 Å². The molecule has 2 rings (SSSR count). The first-order valence-electron chi connectivity index (χ1n) is 7.55. The molecule has 128 valence electrons. The Bertz CT molecular complexity index is 702. The number of methoxy groups -OCH3 is 2. The molecule has 0 aliphatic rings. The van der Waals surface area contributed by atoms with Crippen molar-refractivity contribution < 1.29 is 14.3 Å². The van der Waals surface area contributed by atoms with Crippen molar-refractivity contribution in [2.24, 2.45) is 0 Å². The molecule has 0 saturated heterocycles. The fraction of sp³-hybridized carbons (Fsp3) is 0.278. The van der Waals surface area contributed by atoms with Gasteiger partial charge in [0.2, 0.25) is 5.91 Å². The Morgan fingerprint density at radius 2 is 1.83 bits per heavy atom. The van der Waals surface area contributed by atoms with Crippen LogP contribution in [0.2, 0.25) is 5.02 Å². The normalized spacial score (nSPS) is 10.2. The zero-order valence-corrected chi connectivity index (χ0v) is 14.7. The van der Waals surface area contributed by atoms with Gasteiger partial charge in [0, 0.05) is 29.7 Å². The zero-order valence-electron chi connectivity index (χ0n) is 14.0. The van der Waals surface area contributed by atoms with Gasteiger partial charge in [0.05, 0.1) is 19.9 Å². The van der Waals surface area contributed by atoms with E-state index in [9.17, 15) is 4.79 Å². The van der Waals surface area contributed by atoms with E-state index in [2.05, 4.69) is 10.6 Å². The Kier molecular flexibility index (Phi) is 6.32. The average molecular weight is 349 g/mol. The molecule has 6 heteroatoms. The first-order valence-corrected chi connectivity index (χ1v) is 7.93. The molecular formula is C18H21ClN2O3. The molecule has 24 heavy (non-hydrogen) atoms. The summed E-state index contributed by atoms with van der Waals surface area (Å²) in [4.78, 5) is 12.1. The van der Waals surface area contributed by atoms with Crippen molar-refractivity contribution in [1.29, 1.82) is 0 Å². The number of rotatable bonds is 7. The van der Waals surface area contributed by atoms with Gasteiger partial charge in [-0.2, -0.15) is 0 Å². The molecule has 0 aliphatic heterocycles. The second kappa shape index (κ2) is 8.45. The maximum Gasteiger partial charge on any atom is 0.226 e. The molecule has 0 radical (unpaired) electrons. The smallest absolute Gasteiger partial charge is 0.226 e. The van der Waals surface area contributed by atoms with Gasteiger partial charge in [0.15, 0.2) is 0 Å². The van der Waals surface area contributed by atoms with E-state index in [0.29, 0.717) is 29.4 Å². The highest BCUT2D eigenvalue weighted by Crippen LogP contribution is 2.31. The molecule has 2 N–H and O–H groups in total. The number of hydrogen-bond acceptors (Lipinski definition) is 4. The predicted molar refractivity (Wildman–Crippen MR) is 97.5 cm³/mol. The van der Waals surface area contributed by atoms with Crippen LogP contribution < -0.4 is 20.1 Å². The summed E-state index contributed by atoms with van der Waals surface area (Å²) in [5, 5.41) is 6.65. The van der Waals surface area contributed by atoms with Gasteiger partial charge in [0.25, 0.3) is 0 Å².